The molecular formula is C13H15FN4. The first-order valence-electron chi connectivity index (χ1n) is 5.81. The monoisotopic (exact) mass is 246 g/mol. The van der Waals surface area contributed by atoms with E-state index in [-0.39, 0.29) is 5.82 Å². The van der Waals surface area contributed by atoms with Gasteiger partial charge in [0.25, 0.3) is 0 Å². The van der Waals surface area contributed by atoms with Crippen molar-refractivity contribution < 1.29 is 4.39 Å². The molecule has 0 fully saturated rings. The minimum atomic E-state index is -0.277. The second-order valence-corrected chi connectivity index (χ2v) is 3.82. The van der Waals surface area contributed by atoms with Crippen LogP contribution in [-0.2, 0) is 0 Å². The van der Waals surface area contributed by atoms with Crippen molar-refractivity contribution >= 4 is 11.6 Å². The van der Waals surface area contributed by atoms with Crippen molar-refractivity contribution in [2.75, 3.05) is 18.0 Å². The highest BCUT2D eigenvalue weighted by Crippen LogP contribution is 2.22. The number of hydrogen-bond donors (Lipinski definition) is 1. The molecule has 0 amide bonds. The van der Waals surface area contributed by atoms with Crippen LogP contribution in [-0.4, -0.2) is 23.1 Å². The highest BCUT2D eigenvalue weighted by Gasteiger charge is 2.11. The Hall–Kier alpha value is -2.01. The third-order valence-corrected chi connectivity index (χ3v) is 2.50. The Bertz CT molecular complexity index is 489. The van der Waals surface area contributed by atoms with Crippen LogP contribution in [0.3, 0.4) is 0 Å². The van der Waals surface area contributed by atoms with E-state index in [1.54, 1.807) is 24.5 Å². The van der Waals surface area contributed by atoms with Gasteiger partial charge < -0.3 is 10.6 Å². The lowest BCUT2D eigenvalue weighted by molar-refractivity contribution is 0.627. The van der Waals surface area contributed by atoms with E-state index in [0.29, 0.717) is 19.0 Å². The number of nitrogens with zero attached hydrogens (tertiary/aromatic N) is 3. The van der Waals surface area contributed by atoms with Crippen LogP contribution >= 0.6 is 0 Å². The molecule has 0 unspecified atom stereocenters. The van der Waals surface area contributed by atoms with Crippen molar-refractivity contribution in [1.82, 2.24) is 9.97 Å². The summed E-state index contributed by atoms with van der Waals surface area (Å²) in [4.78, 5) is 10.2. The summed E-state index contributed by atoms with van der Waals surface area (Å²) in [6, 6.07) is 8.12. The topological polar surface area (TPSA) is 55.0 Å². The Kier molecular flexibility index (Phi) is 4.20. The van der Waals surface area contributed by atoms with E-state index in [0.717, 1.165) is 12.1 Å². The van der Waals surface area contributed by atoms with Crippen molar-refractivity contribution in [2.24, 2.45) is 5.73 Å². The van der Waals surface area contributed by atoms with Crippen molar-refractivity contribution in [3.05, 3.63) is 48.5 Å². The summed E-state index contributed by atoms with van der Waals surface area (Å²) < 4.78 is 13.3. The zero-order valence-electron chi connectivity index (χ0n) is 9.96. The Morgan fingerprint density at radius 2 is 1.94 bits per heavy atom. The number of benzene rings is 1. The fourth-order valence-electron chi connectivity index (χ4n) is 1.67. The Morgan fingerprint density at radius 3 is 2.61 bits per heavy atom. The molecule has 2 aromatic rings. The Balaban J connectivity index is 2.31. The maximum atomic E-state index is 13.3. The average molecular weight is 246 g/mol. The first kappa shape index (κ1) is 12.4. The van der Waals surface area contributed by atoms with E-state index >= 15 is 0 Å². The number of nitrogens with two attached hydrogens (primary N) is 1. The second-order valence-electron chi connectivity index (χ2n) is 3.82. The maximum absolute atomic E-state index is 13.3. The van der Waals surface area contributed by atoms with Gasteiger partial charge in [0.15, 0.2) is 0 Å². The van der Waals surface area contributed by atoms with E-state index in [1.165, 1.54) is 12.1 Å². The lowest BCUT2D eigenvalue weighted by Crippen LogP contribution is -2.22. The zero-order chi connectivity index (χ0) is 12.8. The SMILES string of the molecule is NCCCN(c1cccc(F)c1)c1ncccn1. The fourth-order valence-corrected chi connectivity index (χ4v) is 1.67. The van der Waals surface area contributed by atoms with E-state index in [1.807, 2.05) is 11.0 Å². The molecule has 0 spiro atoms. The third-order valence-electron chi connectivity index (χ3n) is 2.50. The van der Waals surface area contributed by atoms with Crippen LogP contribution in [0.1, 0.15) is 6.42 Å². The summed E-state index contributed by atoms with van der Waals surface area (Å²) in [5.74, 6) is 0.276. The van der Waals surface area contributed by atoms with Crippen LogP contribution in [0.2, 0.25) is 0 Å². The molecule has 94 valence electrons. The maximum Gasteiger partial charge on any atom is 0.229 e. The van der Waals surface area contributed by atoms with Crippen molar-refractivity contribution in [3.8, 4) is 0 Å². The highest BCUT2D eigenvalue weighted by molar-refractivity contribution is 5.56. The molecule has 2 rings (SSSR count). The molecule has 1 heterocycles. The first-order chi connectivity index (χ1) is 8.81. The van der Waals surface area contributed by atoms with Crippen molar-refractivity contribution in [3.63, 3.8) is 0 Å². The van der Waals surface area contributed by atoms with Gasteiger partial charge in [0.1, 0.15) is 5.82 Å². The zero-order valence-corrected chi connectivity index (χ0v) is 9.96. The smallest absolute Gasteiger partial charge is 0.229 e. The van der Waals surface area contributed by atoms with Gasteiger partial charge in [0, 0.05) is 24.6 Å². The molecular weight excluding hydrogens is 231 g/mol. The average Bonchev–Trinajstić information content (AvgIpc) is 2.40. The van der Waals surface area contributed by atoms with Crippen LogP contribution in [0.4, 0.5) is 16.0 Å². The quantitative estimate of drug-likeness (QED) is 0.877. The van der Waals surface area contributed by atoms with Crippen LogP contribution < -0.4 is 10.6 Å². The van der Waals surface area contributed by atoms with Gasteiger partial charge in [-0.2, -0.15) is 0 Å². The van der Waals surface area contributed by atoms with E-state index < -0.39 is 0 Å². The van der Waals surface area contributed by atoms with Crippen LogP contribution in [0, 0.1) is 5.82 Å². The predicted molar refractivity (Wildman–Crippen MR) is 69.1 cm³/mol. The van der Waals surface area contributed by atoms with Gasteiger partial charge in [-0.3, -0.25) is 0 Å². The second kappa shape index (κ2) is 6.07. The van der Waals surface area contributed by atoms with E-state index in [2.05, 4.69) is 9.97 Å². The van der Waals surface area contributed by atoms with E-state index in [4.69, 9.17) is 5.73 Å². The molecule has 18 heavy (non-hydrogen) atoms. The first-order valence-corrected chi connectivity index (χ1v) is 5.81. The minimum absolute atomic E-state index is 0.277. The number of aromatic nitrogens is 2. The molecule has 1 aromatic carbocycles. The predicted octanol–water partition coefficient (Wildman–Crippen LogP) is 2.10. The number of hydrogen-bond acceptors (Lipinski definition) is 4. The standard InChI is InChI=1S/C13H15FN4/c14-11-4-1-5-12(10-11)18(9-2-6-15)13-16-7-3-8-17-13/h1,3-5,7-8,10H,2,6,9,15H2. The van der Waals surface area contributed by atoms with Gasteiger partial charge >= 0.3 is 0 Å². The van der Waals surface area contributed by atoms with Crippen molar-refractivity contribution in [2.45, 2.75) is 6.42 Å². The summed E-state index contributed by atoms with van der Waals surface area (Å²) in [7, 11) is 0. The lowest BCUT2D eigenvalue weighted by atomic mass is 10.2. The van der Waals surface area contributed by atoms with Crippen LogP contribution in [0.15, 0.2) is 42.7 Å². The number of anilines is 2. The summed E-state index contributed by atoms with van der Waals surface area (Å²) in [6.07, 6.45) is 4.11. The molecule has 4 nitrogen and oxygen atoms in total. The van der Waals surface area contributed by atoms with Gasteiger partial charge in [-0.1, -0.05) is 6.07 Å². The molecule has 0 saturated heterocycles. The summed E-state index contributed by atoms with van der Waals surface area (Å²) in [5.41, 5.74) is 6.25. The number of halogens is 1. The molecule has 1 aromatic heterocycles. The number of rotatable bonds is 5. The summed E-state index contributed by atoms with van der Waals surface area (Å²) in [6.45, 7) is 1.22. The molecule has 2 N–H and O–H groups in total. The molecule has 5 heteroatoms. The van der Waals surface area contributed by atoms with Gasteiger partial charge in [0.05, 0.1) is 0 Å². The highest BCUT2D eigenvalue weighted by atomic mass is 19.1. The molecule has 0 aliphatic heterocycles. The van der Waals surface area contributed by atoms with Crippen molar-refractivity contribution in [1.29, 1.82) is 0 Å². The summed E-state index contributed by atoms with van der Waals surface area (Å²) >= 11 is 0. The third kappa shape index (κ3) is 3.01. The van der Waals surface area contributed by atoms with E-state index in [9.17, 15) is 4.39 Å². The Morgan fingerprint density at radius 1 is 1.17 bits per heavy atom. The Labute approximate surface area is 105 Å². The molecule has 0 saturated carbocycles. The van der Waals surface area contributed by atoms with Gasteiger partial charge in [-0.15, -0.1) is 0 Å². The normalized spacial score (nSPS) is 10.3. The summed E-state index contributed by atoms with van der Waals surface area (Å²) in [5, 5.41) is 0. The van der Waals surface area contributed by atoms with Crippen LogP contribution in [0.25, 0.3) is 0 Å². The molecule has 0 bridgehead atoms. The molecule has 0 aliphatic carbocycles. The van der Waals surface area contributed by atoms with Gasteiger partial charge in [-0.25, -0.2) is 14.4 Å². The van der Waals surface area contributed by atoms with Gasteiger partial charge in [0.2, 0.25) is 5.95 Å². The lowest BCUT2D eigenvalue weighted by Gasteiger charge is -2.22. The van der Waals surface area contributed by atoms with Gasteiger partial charge in [-0.05, 0) is 37.2 Å². The molecule has 0 atom stereocenters. The van der Waals surface area contributed by atoms with Crippen LogP contribution in [0.5, 0.6) is 0 Å². The molecule has 0 radical (unpaired) electrons. The molecule has 0 aliphatic rings. The fraction of sp³-hybridized carbons (Fsp3) is 0.231. The minimum Gasteiger partial charge on any atom is -0.330 e. The largest absolute Gasteiger partial charge is 0.330 e.